The number of hydrogen-bond acceptors (Lipinski definition) is 6. The molecule has 1 heterocycles. The molecule has 2 unspecified atom stereocenters. The molecule has 1 aliphatic rings. The Morgan fingerprint density at radius 3 is 2.12 bits per heavy atom. The van der Waals surface area contributed by atoms with Gasteiger partial charge >= 0.3 is 12.3 Å². The fraction of sp³-hybridized carbons (Fsp3) is 0.250. The van der Waals surface area contributed by atoms with Crippen molar-refractivity contribution >= 4 is 44.7 Å². The van der Waals surface area contributed by atoms with Gasteiger partial charge in [-0.05, 0) is 42.0 Å². The zero-order valence-electron chi connectivity index (χ0n) is 16.1. The van der Waals surface area contributed by atoms with E-state index in [4.69, 9.17) is 9.57 Å². The molecule has 0 bridgehead atoms. The van der Waals surface area contributed by atoms with Crippen LogP contribution in [0.4, 0.5) is 18.0 Å². The number of nitrogens with zero attached hydrogens (tertiary/aromatic N) is 1. The summed E-state index contributed by atoms with van der Waals surface area (Å²) in [6.45, 7) is 0. The van der Waals surface area contributed by atoms with Crippen LogP contribution in [0.2, 0.25) is 0 Å². The van der Waals surface area contributed by atoms with Crippen LogP contribution in [-0.2, 0) is 36.1 Å². The van der Waals surface area contributed by atoms with Gasteiger partial charge in [-0.3, -0.25) is 18.6 Å². The highest BCUT2D eigenvalue weighted by Gasteiger charge is 2.34. The lowest BCUT2D eigenvalue weighted by molar-refractivity contribution is -0.178. The summed E-state index contributed by atoms with van der Waals surface area (Å²) in [6.07, 6.45) is -7.21. The van der Waals surface area contributed by atoms with Crippen LogP contribution in [0.5, 0.6) is 0 Å². The molecule has 32 heavy (non-hydrogen) atoms. The summed E-state index contributed by atoms with van der Waals surface area (Å²) in [6, 6.07) is 10.2. The van der Waals surface area contributed by atoms with Gasteiger partial charge in [-0.2, -0.15) is 13.2 Å². The topological polar surface area (TPSA) is 90.0 Å². The minimum Gasteiger partial charge on any atom is -0.423 e. The highest BCUT2D eigenvalue weighted by molar-refractivity contribution is 9.10. The summed E-state index contributed by atoms with van der Waals surface area (Å²) in [5.74, 6) is -1.69. The van der Waals surface area contributed by atoms with Gasteiger partial charge in [0, 0.05) is 22.2 Å². The van der Waals surface area contributed by atoms with Crippen molar-refractivity contribution in [2.24, 2.45) is 0 Å². The van der Waals surface area contributed by atoms with E-state index in [0.29, 0.717) is 10.6 Å². The van der Waals surface area contributed by atoms with Crippen LogP contribution in [0.15, 0.2) is 57.9 Å². The van der Waals surface area contributed by atoms with Gasteiger partial charge in [-0.1, -0.05) is 33.1 Å². The van der Waals surface area contributed by atoms with E-state index >= 15 is 0 Å². The summed E-state index contributed by atoms with van der Waals surface area (Å²) in [4.78, 5) is 40.2. The maximum Gasteiger partial charge on any atom is 0.534 e. The van der Waals surface area contributed by atoms with Gasteiger partial charge in [0.2, 0.25) is 0 Å². The van der Waals surface area contributed by atoms with Crippen LogP contribution in [0.1, 0.15) is 30.1 Å². The average Bonchev–Trinajstić information content (AvgIpc) is 3.05. The molecule has 2 aromatic carbocycles. The van der Waals surface area contributed by atoms with Gasteiger partial charge < -0.3 is 4.74 Å². The van der Waals surface area contributed by atoms with Crippen molar-refractivity contribution in [3.8, 4) is 0 Å². The van der Waals surface area contributed by atoms with E-state index in [1.165, 1.54) is 0 Å². The van der Waals surface area contributed by atoms with Crippen molar-refractivity contribution in [1.82, 2.24) is 5.06 Å². The Morgan fingerprint density at radius 2 is 1.59 bits per heavy atom. The maximum absolute atomic E-state index is 12.8. The monoisotopic (exact) mass is 533 g/mol. The van der Waals surface area contributed by atoms with Crippen molar-refractivity contribution < 1.29 is 41.3 Å². The molecule has 1 aliphatic heterocycles. The average molecular weight is 534 g/mol. The van der Waals surface area contributed by atoms with Crippen molar-refractivity contribution in [3.63, 3.8) is 0 Å². The second kappa shape index (κ2) is 9.82. The predicted molar refractivity (Wildman–Crippen MR) is 108 cm³/mol. The van der Waals surface area contributed by atoms with E-state index in [9.17, 15) is 31.8 Å². The molecular formula is C20H15BrF3NO6S. The zero-order valence-corrected chi connectivity index (χ0v) is 18.5. The lowest BCUT2D eigenvalue weighted by Crippen LogP contribution is -2.33. The number of hydrogen-bond donors (Lipinski definition) is 0. The Morgan fingerprint density at radius 1 is 1.03 bits per heavy atom. The predicted octanol–water partition coefficient (Wildman–Crippen LogP) is 4.53. The molecule has 2 atom stereocenters. The Bertz CT molecular complexity index is 1030. The number of rotatable bonds is 6. The highest BCUT2D eigenvalue weighted by Crippen LogP contribution is 2.30. The summed E-state index contributed by atoms with van der Waals surface area (Å²) in [5, 5.41) is 0.313. The highest BCUT2D eigenvalue weighted by atomic mass is 79.9. The molecule has 2 aromatic rings. The van der Waals surface area contributed by atoms with Gasteiger partial charge in [-0.15, -0.1) is 0 Å². The van der Waals surface area contributed by atoms with Crippen LogP contribution in [0.25, 0.3) is 0 Å². The van der Waals surface area contributed by atoms with E-state index in [2.05, 4.69) is 15.9 Å². The van der Waals surface area contributed by atoms with Gasteiger partial charge in [0.1, 0.15) is 6.10 Å². The molecule has 7 nitrogen and oxygen atoms in total. The minimum absolute atomic E-state index is 0.0970. The summed E-state index contributed by atoms with van der Waals surface area (Å²) >= 11 is 3.26. The first kappa shape index (κ1) is 23.9. The van der Waals surface area contributed by atoms with E-state index in [1.54, 1.807) is 24.3 Å². The summed E-state index contributed by atoms with van der Waals surface area (Å²) in [7, 11) is -1.85. The third-order valence-corrected chi connectivity index (χ3v) is 6.33. The van der Waals surface area contributed by atoms with Gasteiger partial charge in [0.15, 0.2) is 0 Å². The first-order valence-corrected chi connectivity index (χ1v) is 11.2. The van der Waals surface area contributed by atoms with E-state index < -0.39 is 46.6 Å². The van der Waals surface area contributed by atoms with Crippen LogP contribution in [0.3, 0.4) is 0 Å². The fourth-order valence-electron chi connectivity index (χ4n) is 2.78. The fourth-order valence-corrected chi connectivity index (χ4v) is 4.21. The number of carbonyl (C=O) groups is 3. The summed E-state index contributed by atoms with van der Waals surface area (Å²) < 4.78 is 56.9. The second-order valence-corrected chi connectivity index (χ2v) is 9.03. The number of imide groups is 1. The smallest absolute Gasteiger partial charge is 0.423 e. The maximum atomic E-state index is 12.8. The van der Waals surface area contributed by atoms with E-state index in [1.807, 2.05) is 0 Å². The molecule has 1 saturated heterocycles. The number of hydroxylamine groups is 2. The standard InChI is InChI=1S/C20H15BrF3NO6S/c21-14-5-1-12(2-6-14)16(30-19(28)31-25-17(26)9-10-18(25)27)11-32(29)15-7-3-13(4-8-15)20(22,23)24/h1-8,16H,9-11H2. The molecule has 0 N–H and O–H groups in total. The van der Waals surface area contributed by atoms with Crippen LogP contribution < -0.4 is 0 Å². The quantitative estimate of drug-likeness (QED) is 0.400. The van der Waals surface area contributed by atoms with E-state index in [0.717, 1.165) is 28.7 Å². The number of amides is 2. The number of ether oxygens (including phenoxy) is 1. The SMILES string of the molecule is O=C(OC(CS(=O)c1ccc(C(F)(F)F)cc1)c1ccc(Br)cc1)ON1C(=O)CCC1=O. The Labute approximate surface area is 191 Å². The third-order valence-electron chi connectivity index (χ3n) is 4.40. The molecule has 0 aromatic heterocycles. The first-order chi connectivity index (χ1) is 15.0. The van der Waals surface area contributed by atoms with Crippen LogP contribution in [-0.4, -0.2) is 33.0 Å². The molecule has 0 saturated carbocycles. The molecule has 12 heteroatoms. The van der Waals surface area contributed by atoms with E-state index in [-0.39, 0.29) is 23.5 Å². The molecule has 0 radical (unpaired) electrons. The normalized spacial score (nSPS) is 16.1. The third kappa shape index (κ3) is 5.94. The Balaban J connectivity index is 1.76. The van der Waals surface area contributed by atoms with Crippen molar-refractivity contribution in [2.75, 3.05) is 5.75 Å². The van der Waals surface area contributed by atoms with Crippen molar-refractivity contribution in [1.29, 1.82) is 0 Å². The molecule has 1 fully saturated rings. The number of benzene rings is 2. The van der Waals surface area contributed by atoms with Crippen LogP contribution >= 0.6 is 15.9 Å². The van der Waals surface area contributed by atoms with Gasteiger partial charge in [-0.25, -0.2) is 4.79 Å². The van der Waals surface area contributed by atoms with Crippen molar-refractivity contribution in [3.05, 3.63) is 64.1 Å². The minimum atomic E-state index is -4.53. The van der Waals surface area contributed by atoms with Crippen LogP contribution in [0, 0.1) is 0 Å². The zero-order chi connectivity index (χ0) is 23.5. The number of alkyl halides is 3. The lowest BCUT2D eigenvalue weighted by Gasteiger charge is -2.19. The lowest BCUT2D eigenvalue weighted by atomic mass is 10.1. The Hall–Kier alpha value is -2.73. The number of carbonyl (C=O) groups excluding carboxylic acids is 3. The molecule has 0 spiro atoms. The second-order valence-electron chi connectivity index (χ2n) is 6.62. The Kier molecular flexibility index (Phi) is 7.34. The number of halogens is 4. The van der Waals surface area contributed by atoms with Gasteiger partial charge in [0.25, 0.3) is 11.8 Å². The molecular weight excluding hydrogens is 519 g/mol. The first-order valence-electron chi connectivity index (χ1n) is 9.10. The molecule has 2 amide bonds. The summed E-state index contributed by atoms with van der Waals surface area (Å²) in [5.41, 5.74) is -0.466. The molecule has 3 rings (SSSR count). The van der Waals surface area contributed by atoms with Gasteiger partial charge in [0.05, 0.1) is 22.1 Å². The largest absolute Gasteiger partial charge is 0.534 e. The molecule has 170 valence electrons. The van der Waals surface area contributed by atoms with Crippen molar-refractivity contribution in [2.45, 2.75) is 30.0 Å². The molecule has 0 aliphatic carbocycles.